The van der Waals surface area contributed by atoms with Crippen molar-refractivity contribution in [3.8, 4) is 6.07 Å². The smallest absolute Gasteiger partial charge is 0.252 e. The molecule has 0 aliphatic heterocycles. The zero-order valence-electron chi connectivity index (χ0n) is 11.3. The lowest BCUT2D eigenvalue weighted by molar-refractivity contribution is 0.0997. The van der Waals surface area contributed by atoms with Crippen LogP contribution < -0.4 is 11.2 Å². The summed E-state index contributed by atoms with van der Waals surface area (Å²) in [6, 6.07) is 10.2. The molecule has 0 radical (unpaired) electrons. The molecule has 0 saturated heterocycles. The minimum atomic E-state index is -0.691. The summed E-state index contributed by atoms with van der Waals surface area (Å²) in [5, 5.41) is 17.2. The maximum Gasteiger partial charge on any atom is 0.252 e. The fourth-order valence-electron chi connectivity index (χ4n) is 2.07. The Kier molecular flexibility index (Phi) is 4.10. The lowest BCUT2D eigenvalue weighted by Gasteiger charge is -2.18. The molecule has 21 heavy (non-hydrogen) atoms. The number of nitrogens with zero attached hydrogens (tertiary/aromatic N) is 2. The van der Waals surface area contributed by atoms with Gasteiger partial charge in [-0.15, -0.1) is 0 Å². The Morgan fingerprint density at radius 2 is 2.05 bits per heavy atom. The highest BCUT2D eigenvalue weighted by Crippen LogP contribution is 2.19. The van der Waals surface area contributed by atoms with E-state index in [1.807, 2.05) is 6.92 Å². The zero-order chi connectivity index (χ0) is 15.6. The number of primary amides is 1. The summed E-state index contributed by atoms with van der Waals surface area (Å²) in [6.07, 6.45) is 1.58. The van der Waals surface area contributed by atoms with Gasteiger partial charge in [0, 0.05) is 6.20 Å². The number of nitrogens with one attached hydrogen (secondary N) is 1. The van der Waals surface area contributed by atoms with E-state index in [1.54, 1.807) is 35.0 Å². The summed E-state index contributed by atoms with van der Waals surface area (Å²) in [4.78, 5) is 11.4. The Bertz CT molecular complexity index is 787. The molecule has 0 bridgehead atoms. The molecule has 1 heterocycles. The van der Waals surface area contributed by atoms with Crippen molar-refractivity contribution < 1.29 is 4.79 Å². The molecular weight excluding hydrogens is 288 g/mol. The first-order valence-electron chi connectivity index (χ1n) is 6.20. The molecule has 0 spiro atoms. The van der Waals surface area contributed by atoms with E-state index in [-0.39, 0.29) is 17.1 Å². The van der Waals surface area contributed by atoms with Crippen LogP contribution in [0.3, 0.4) is 0 Å². The van der Waals surface area contributed by atoms with Crippen molar-refractivity contribution in [3.05, 3.63) is 63.7 Å². The van der Waals surface area contributed by atoms with Crippen LogP contribution in [0.5, 0.6) is 0 Å². The van der Waals surface area contributed by atoms with Crippen molar-refractivity contribution in [2.24, 2.45) is 5.73 Å². The average molecular weight is 301 g/mol. The molecule has 1 aromatic heterocycles. The van der Waals surface area contributed by atoms with Gasteiger partial charge in [-0.25, -0.2) is 0 Å². The molecule has 5 nitrogen and oxygen atoms in total. The predicted octanol–water partition coefficient (Wildman–Crippen LogP) is 2.20. The molecule has 0 aliphatic rings. The second-order valence-corrected chi connectivity index (χ2v) is 5.04. The molecule has 0 saturated carbocycles. The summed E-state index contributed by atoms with van der Waals surface area (Å²) in [5.74, 6) is -0.691. The first kappa shape index (κ1) is 14.8. The van der Waals surface area contributed by atoms with Gasteiger partial charge < -0.3 is 10.3 Å². The third-order valence-corrected chi connectivity index (χ3v) is 3.47. The summed E-state index contributed by atoms with van der Waals surface area (Å²) in [6.45, 7) is 1.88. The number of aromatic nitrogens is 1. The Balaban J connectivity index is 2.52. The number of nitriles is 1. The number of carbonyl (C=O) groups is 1. The van der Waals surface area contributed by atoms with E-state index in [2.05, 4.69) is 6.07 Å². The van der Waals surface area contributed by atoms with Crippen LogP contribution in [0.2, 0.25) is 5.02 Å². The monoisotopic (exact) mass is 300 g/mol. The van der Waals surface area contributed by atoms with E-state index >= 15 is 0 Å². The van der Waals surface area contributed by atoms with Gasteiger partial charge in [0.1, 0.15) is 5.49 Å². The van der Waals surface area contributed by atoms with Crippen LogP contribution in [-0.4, -0.2) is 10.5 Å². The van der Waals surface area contributed by atoms with Crippen molar-refractivity contribution >= 4 is 17.5 Å². The molecule has 106 valence electrons. The number of benzene rings is 1. The molecule has 1 unspecified atom stereocenters. The Morgan fingerprint density at radius 1 is 1.43 bits per heavy atom. The average Bonchev–Trinajstić information content (AvgIpc) is 2.48. The minimum absolute atomic E-state index is 0.00348. The highest BCUT2D eigenvalue weighted by Gasteiger charge is 2.13. The van der Waals surface area contributed by atoms with Gasteiger partial charge in [-0.05, 0) is 30.7 Å². The van der Waals surface area contributed by atoms with Gasteiger partial charge >= 0.3 is 0 Å². The fourth-order valence-corrected chi connectivity index (χ4v) is 2.28. The molecule has 1 atom stereocenters. The largest absolute Gasteiger partial charge is 0.365 e. The fraction of sp³-hybridized carbons (Fsp3) is 0.133. The molecule has 3 N–H and O–H groups in total. The Morgan fingerprint density at radius 3 is 2.57 bits per heavy atom. The second-order valence-electron chi connectivity index (χ2n) is 4.60. The van der Waals surface area contributed by atoms with Crippen LogP contribution in [0.15, 0.2) is 36.5 Å². The summed E-state index contributed by atoms with van der Waals surface area (Å²) < 4.78 is 1.57. The van der Waals surface area contributed by atoms with Crippen LogP contribution in [0, 0.1) is 16.7 Å². The number of amides is 1. The molecule has 1 amide bonds. The number of nitrogens with two attached hydrogens (primary N) is 1. The van der Waals surface area contributed by atoms with E-state index in [0.717, 1.165) is 5.56 Å². The first-order valence-corrected chi connectivity index (χ1v) is 6.58. The van der Waals surface area contributed by atoms with E-state index in [9.17, 15) is 4.79 Å². The van der Waals surface area contributed by atoms with Crippen molar-refractivity contribution in [2.75, 3.05) is 0 Å². The highest BCUT2D eigenvalue weighted by molar-refractivity contribution is 6.30. The van der Waals surface area contributed by atoms with Crippen molar-refractivity contribution in [2.45, 2.75) is 13.0 Å². The van der Waals surface area contributed by atoms with Gasteiger partial charge in [-0.1, -0.05) is 23.7 Å². The van der Waals surface area contributed by atoms with Crippen molar-refractivity contribution in [1.29, 1.82) is 10.7 Å². The van der Waals surface area contributed by atoms with Gasteiger partial charge in [0.15, 0.2) is 0 Å². The number of rotatable bonds is 3. The van der Waals surface area contributed by atoms with Gasteiger partial charge in [0.05, 0.1) is 28.3 Å². The molecule has 2 aromatic rings. The number of hydrogen-bond acceptors (Lipinski definition) is 3. The molecule has 0 fully saturated rings. The number of carbonyl (C=O) groups excluding carboxylic acids is 1. The third-order valence-electron chi connectivity index (χ3n) is 3.26. The lowest BCUT2D eigenvalue weighted by Crippen LogP contribution is -2.31. The van der Waals surface area contributed by atoms with Crippen LogP contribution in [0.25, 0.3) is 0 Å². The van der Waals surface area contributed by atoms with Gasteiger partial charge in [-0.2, -0.15) is 5.26 Å². The van der Waals surface area contributed by atoms with E-state index in [4.69, 9.17) is 28.0 Å². The lowest BCUT2D eigenvalue weighted by atomic mass is 10.1. The van der Waals surface area contributed by atoms with Gasteiger partial charge in [0.2, 0.25) is 0 Å². The molecule has 2 rings (SSSR count). The Hall–Kier alpha value is -2.58. The maximum atomic E-state index is 11.4. The van der Waals surface area contributed by atoms with Crippen LogP contribution in [0.4, 0.5) is 0 Å². The SMILES string of the molecule is CC(c1ccc(C#N)cc1)n1cc(Cl)cc(C(N)=O)c1=N. The summed E-state index contributed by atoms with van der Waals surface area (Å²) in [5.41, 5.74) is 6.79. The van der Waals surface area contributed by atoms with Crippen LogP contribution in [-0.2, 0) is 0 Å². The van der Waals surface area contributed by atoms with E-state index in [1.165, 1.54) is 6.07 Å². The Labute approximate surface area is 126 Å². The second kappa shape index (κ2) is 5.81. The van der Waals surface area contributed by atoms with Gasteiger partial charge in [0.25, 0.3) is 5.91 Å². The molecule has 6 heteroatoms. The third kappa shape index (κ3) is 2.96. The first-order chi connectivity index (χ1) is 9.93. The van der Waals surface area contributed by atoms with Gasteiger partial charge in [-0.3, -0.25) is 10.2 Å². The molecule has 1 aromatic carbocycles. The minimum Gasteiger partial charge on any atom is -0.365 e. The normalized spacial score (nSPS) is 11.7. The standard InChI is InChI=1S/C15H13ClN4O/c1-9(11-4-2-10(7-17)3-5-11)20-8-12(16)6-13(14(20)18)15(19)21/h2-6,8-9,18H,1H3,(H2,19,21). The highest BCUT2D eigenvalue weighted by atomic mass is 35.5. The van der Waals surface area contributed by atoms with E-state index < -0.39 is 5.91 Å². The molecule has 0 aliphatic carbocycles. The number of hydrogen-bond donors (Lipinski definition) is 2. The summed E-state index contributed by atoms with van der Waals surface area (Å²) in [7, 11) is 0. The number of halogens is 1. The van der Waals surface area contributed by atoms with Crippen molar-refractivity contribution in [3.63, 3.8) is 0 Å². The van der Waals surface area contributed by atoms with Crippen LogP contribution >= 0.6 is 11.6 Å². The van der Waals surface area contributed by atoms with Crippen LogP contribution in [0.1, 0.15) is 34.5 Å². The zero-order valence-corrected chi connectivity index (χ0v) is 12.1. The summed E-state index contributed by atoms with van der Waals surface area (Å²) >= 11 is 5.99. The topological polar surface area (TPSA) is 95.7 Å². The quantitative estimate of drug-likeness (QED) is 0.909. The molecular formula is C15H13ClN4O. The van der Waals surface area contributed by atoms with Crippen molar-refractivity contribution in [1.82, 2.24) is 4.57 Å². The number of pyridine rings is 1. The maximum absolute atomic E-state index is 11.4. The predicted molar refractivity (Wildman–Crippen MR) is 78.8 cm³/mol. The van der Waals surface area contributed by atoms with E-state index in [0.29, 0.717) is 10.6 Å².